The van der Waals surface area contributed by atoms with E-state index < -0.39 is 0 Å². The fraction of sp³-hybridized carbons (Fsp3) is 0.278. The minimum atomic E-state index is -0.329. The van der Waals surface area contributed by atoms with Gasteiger partial charge in [0.1, 0.15) is 5.82 Å². The maximum Gasteiger partial charge on any atom is 0.224 e. The first-order chi connectivity index (χ1) is 11.2. The predicted molar refractivity (Wildman–Crippen MR) is 87.4 cm³/mol. The summed E-state index contributed by atoms with van der Waals surface area (Å²) >= 11 is 0. The van der Waals surface area contributed by atoms with Crippen molar-refractivity contribution in [2.45, 2.75) is 19.8 Å². The Bertz CT molecular complexity index is 628. The SMILES string of the molecule is CCOc1ccccc1OCCCC(=O)Nc1ccc(F)cc1. The number of carbonyl (C=O) groups excluding carboxylic acids is 1. The van der Waals surface area contributed by atoms with Crippen molar-refractivity contribution in [1.82, 2.24) is 0 Å². The summed E-state index contributed by atoms with van der Waals surface area (Å²) in [7, 11) is 0. The van der Waals surface area contributed by atoms with Gasteiger partial charge in [0.15, 0.2) is 11.5 Å². The molecule has 2 aromatic rings. The Hall–Kier alpha value is -2.56. The first-order valence-corrected chi connectivity index (χ1v) is 7.59. The molecule has 1 amide bonds. The van der Waals surface area contributed by atoms with E-state index in [1.54, 1.807) is 0 Å². The Labute approximate surface area is 135 Å². The quantitative estimate of drug-likeness (QED) is 0.748. The molecule has 0 heterocycles. The maximum absolute atomic E-state index is 12.8. The Morgan fingerprint density at radius 3 is 2.35 bits per heavy atom. The van der Waals surface area contributed by atoms with Gasteiger partial charge in [-0.2, -0.15) is 0 Å². The molecule has 0 spiro atoms. The van der Waals surface area contributed by atoms with Gasteiger partial charge in [0, 0.05) is 12.1 Å². The molecule has 0 unspecified atom stereocenters. The topological polar surface area (TPSA) is 47.6 Å². The Kier molecular flexibility index (Phi) is 6.41. The number of benzene rings is 2. The number of nitrogens with one attached hydrogen (secondary N) is 1. The zero-order chi connectivity index (χ0) is 16.5. The van der Waals surface area contributed by atoms with Crippen molar-refractivity contribution >= 4 is 11.6 Å². The molecule has 0 radical (unpaired) electrons. The van der Waals surface area contributed by atoms with E-state index in [9.17, 15) is 9.18 Å². The lowest BCUT2D eigenvalue weighted by Crippen LogP contribution is -2.12. The zero-order valence-corrected chi connectivity index (χ0v) is 13.0. The zero-order valence-electron chi connectivity index (χ0n) is 13.0. The van der Waals surface area contributed by atoms with E-state index in [4.69, 9.17) is 9.47 Å². The predicted octanol–water partition coefficient (Wildman–Crippen LogP) is 4.02. The number of ether oxygens (including phenoxy) is 2. The Morgan fingerprint density at radius 2 is 1.70 bits per heavy atom. The summed E-state index contributed by atoms with van der Waals surface area (Å²) in [4.78, 5) is 11.8. The number of hydrogen-bond acceptors (Lipinski definition) is 3. The van der Waals surface area contributed by atoms with Gasteiger partial charge in [-0.1, -0.05) is 12.1 Å². The van der Waals surface area contributed by atoms with Crippen LogP contribution in [0.5, 0.6) is 11.5 Å². The van der Waals surface area contributed by atoms with E-state index >= 15 is 0 Å². The van der Waals surface area contributed by atoms with Crippen molar-refractivity contribution in [3.05, 3.63) is 54.3 Å². The van der Waals surface area contributed by atoms with Gasteiger partial charge in [-0.25, -0.2) is 4.39 Å². The molecule has 0 saturated heterocycles. The van der Waals surface area contributed by atoms with Gasteiger partial charge in [-0.05, 0) is 49.7 Å². The van der Waals surface area contributed by atoms with Gasteiger partial charge >= 0.3 is 0 Å². The molecule has 1 N–H and O–H groups in total. The van der Waals surface area contributed by atoms with Crippen LogP contribution in [0, 0.1) is 5.82 Å². The molecular weight excluding hydrogens is 297 g/mol. The molecule has 0 saturated carbocycles. The number of carbonyl (C=O) groups is 1. The normalized spacial score (nSPS) is 10.2. The third-order valence-electron chi connectivity index (χ3n) is 3.08. The van der Waals surface area contributed by atoms with Gasteiger partial charge in [0.05, 0.1) is 13.2 Å². The van der Waals surface area contributed by atoms with Crippen molar-refractivity contribution < 1.29 is 18.7 Å². The molecule has 0 aliphatic rings. The molecule has 0 bridgehead atoms. The fourth-order valence-corrected chi connectivity index (χ4v) is 2.02. The summed E-state index contributed by atoms with van der Waals surface area (Å²) < 4.78 is 23.9. The highest BCUT2D eigenvalue weighted by Gasteiger charge is 2.05. The van der Waals surface area contributed by atoms with Crippen LogP contribution in [0.25, 0.3) is 0 Å². The molecule has 0 aromatic heterocycles. The lowest BCUT2D eigenvalue weighted by molar-refractivity contribution is -0.116. The molecule has 0 fully saturated rings. The summed E-state index contributed by atoms with van der Waals surface area (Å²) in [6.07, 6.45) is 0.904. The lowest BCUT2D eigenvalue weighted by Gasteiger charge is -2.11. The number of rotatable bonds is 8. The van der Waals surface area contributed by atoms with Crippen LogP contribution >= 0.6 is 0 Å². The second-order valence-corrected chi connectivity index (χ2v) is 4.89. The first kappa shape index (κ1) is 16.8. The first-order valence-electron chi connectivity index (χ1n) is 7.59. The summed E-state index contributed by atoms with van der Waals surface area (Å²) in [5.74, 6) is 0.918. The molecule has 2 rings (SSSR count). The van der Waals surface area contributed by atoms with Crippen LogP contribution in [-0.2, 0) is 4.79 Å². The molecule has 0 atom stereocenters. The minimum Gasteiger partial charge on any atom is -0.490 e. The number of hydrogen-bond donors (Lipinski definition) is 1. The van der Waals surface area contributed by atoms with Gasteiger partial charge in [0.25, 0.3) is 0 Å². The van der Waals surface area contributed by atoms with Crippen molar-refractivity contribution in [3.63, 3.8) is 0 Å². The van der Waals surface area contributed by atoms with Crippen LogP contribution < -0.4 is 14.8 Å². The third kappa shape index (κ3) is 5.62. The van der Waals surface area contributed by atoms with E-state index in [-0.39, 0.29) is 11.7 Å². The average molecular weight is 317 g/mol. The molecule has 2 aromatic carbocycles. The summed E-state index contributed by atoms with van der Waals surface area (Å²) in [5, 5.41) is 2.71. The number of amides is 1. The average Bonchev–Trinajstić information content (AvgIpc) is 2.55. The summed E-state index contributed by atoms with van der Waals surface area (Å²) in [6.45, 7) is 2.90. The van der Waals surface area contributed by atoms with E-state index in [0.29, 0.717) is 43.2 Å². The van der Waals surface area contributed by atoms with Gasteiger partial charge in [-0.3, -0.25) is 4.79 Å². The number of halogens is 1. The van der Waals surface area contributed by atoms with Crippen molar-refractivity contribution in [2.75, 3.05) is 18.5 Å². The van der Waals surface area contributed by atoms with E-state index in [1.807, 2.05) is 31.2 Å². The summed E-state index contributed by atoms with van der Waals surface area (Å²) in [6, 6.07) is 13.1. The van der Waals surface area contributed by atoms with Crippen molar-refractivity contribution in [1.29, 1.82) is 0 Å². The molecule has 0 aliphatic heterocycles. The van der Waals surface area contributed by atoms with Gasteiger partial charge < -0.3 is 14.8 Å². The number of para-hydroxylation sites is 2. The third-order valence-corrected chi connectivity index (χ3v) is 3.08. The van der Waals surface area contributed by atoms with Crippen LogP contribution in [0.2, 0.25) is 0 Å². The highest BCUT2D eigenvalue weighted by Crippen LogP contribution is 2.26. The fourth-order valence-electron chi connectivity index (χ4n) is 2.02. The minimum absolute atomic E-state index is 0.127. The van der Waals surface area contributed by atoms with Crippen LogP contribution in [0.15, 0.2) is 48.5 Å². The van der Waals surface area contributed by atoms with Gasteiger partial charge in [-0.15, -0.1) is 0 Å². The molecule has 0 aliphatic carbocycles. The Balaban J connectivity index is 1.73. The van der Waals surface area contributed by atoms with E-state index in [1.165, 1.54) is 24.3 Å². The van der Waals surface area contributed by atoms with Crippen molar-refractivity contribution in [3.8, 4) is 11.5 Å². The van der Waals surface area contributed by atoms with Crippen LogP contribution in [0.1, 0.15) is 19.8 Å². The largest absolute Gasteiger partial charge is 0.490 e. The number of anilines is 1. The van der Waals surface area contributed by atoms with Crippen LogP contribution in [0.4, 0.5) is 10.1 Å². The van der Waals surface area contributed by atoms with E-state index in [2.05, 4.69) is 5.32 Å². The molecular formula is C18H20FNO3. The highest BCUT2D eigenvalue weighted by atomic mass is 19.1. The smallest absolute Gasteiger partial charge is 0.224 e. The van der Waals surface area contributed by atoms with Crippen LogP contribution in [0.3, 0.4) is 0 Å². The Morgan fingerprint density at radius 1 is 1.04 bits per heavy atom. The van der Waals surface area contributed by atoms with Crippen molar-refractivity contribution in [2.24, 2.45) is 0 Å². The maximum atomic E-state index is 12.8. The standard InChI is InChI=1S/C18H20FNO3/c1-2-22-16-6-3-4-7-17(16)23-13-5-8-18(21)20-15-11-9-14(19)10-12-15/h3-4,6-7,9-12H,2,5,8,13H2,1H3,(H,20,21). The molecule has 4 nitrogen and oxygen atoms in total. The van der Waals surface area contributed by atoms with Crippen LogP contribution in [-0.4, -0.2) is 19.1 Å². The second-order valence-electron chi connectivity index (χ2n) is 4.89. The lowest BCUT2D eigenvalue weighted by atomic mass is 10.2. The van der Waals surface area contributed by atoms with E-state index in [0.717, 1.165) is 0 Å². The molecule has 5 heteroatoms. The molecule has 122 valence electrons. The monoisotopic (exact) mass is 317 g/mol. The summed E-state index contributed by atoms with van der Waals surface area (Å²) in [5.41, 5.74) is 0.582. The second kappa shape index (κ2) is 8.78. The molecule has 23 heavy (non-hydrogen) atoms. The highest BCUT2D eigenvalue weighted by molar-refractivity contribution is 5.90. The van der Waals surface area contributed by atoms with Gasteiger partial charge in [0.2, 0.25) is 5.91 Å².